The molecule has 29 heavy (non-hydrogen) atoms. The third-order valence-electron chi connectivity index (χ3n) is 4.70. The molecular weight excluding hydrogens is 384 g/mol. The topological polar surface area (TPSA) is 79.8 Å². The third-order valence-corrected chi connectivity index (χ3v) is 5.53. The molecule has 7 heteroatoms. The molecular formula is C22H20N4O2S. The Morgan fingerprint density at radius 2 is 1.83 bits per heavy atom. The lowest BCUT2D eigenvalue weighted by Gasteiger charge is -2.07. The van der Waals surface area contributed by atoms with E-state index in [9.17, 15) is 9.59 Å². The maximum Gasteiger partial charge on any atom is 0.277 e. The van der Waals surface area contributed by atoms with Crippen LogP contribution in [-0.2, 0) is 11.2 Å². The van der Waals surface area contributed by atoms with E-state index in [0.29, 0.717) is 16.4 Å². The van der Waals surface area contributed by atoms with E-state index in [1.54, 1.807) is 6.92 Å². The van der Waals surface area contributed by atoms with E-state index in [2.05, 4.69) is 15.4 Å². The normalized spacial score (nSPS) is 10.8. The molecule has 0 saturated heterocycles. The molecule has 2 N–H and O–H groups in total. The number of H-pyrrole nitrogens is 1. The van der Waals surface area contributed by atoms with Gasteiger partial charge in [-0.15, -0.1) is 11.3 Å². The Bertz CT molecular complexity index is 1220. The van der Waals surface area contributed by atoms with E-state index in [1.165, 1.54) is 16.0 Å². The van der Waals surface area contributed by atoms with Gasteiger partial charge in [-0.3, -0.25) is 14.7 Å². The summed E-state index contributed by atoms with van der Waals surface area (Å²) in [5.41, 5.74) is 4.36. The zero-order valence-corrected chi connectivity index (χ0v) is 16.9. The number of hydrogen-bond donors (Lipinski definition) is 2. The van der Waals surface area contributed by atoms with Crippen molar-refractivity contribution in [3.8, 4) is 16.4 Å². The molecule has 4 rings (SSSR count). The van der Waals surface area contributed by atoms with Gasteiger partial charge in [-0.05, 0) is 25.5 Å². The summed E-state index contributed by atoms with van der Waals surface area (Å²) in [5.74, 6) is -0.227. The van der Waals surface area contributed by atoms with E-state index < -0.39 is 0 Å². The molecule has 2 aromatic carbocycles. The van der Waals surface area contributed by atoms with Crippen molar-refractivity contribution in [2.24, 2.45) is 0 Å². The lowest BCUT2D eigenvalue weighted by atomic mass is 10.1. The SMILES string of the molecule is Cc1ccccc1NC(=O)Cc1c(C)[nH]n(-c2nc(-c3ccccc3)cs2)c1=O. The van der Waals surface area contributed by atoms with Crippen LogP contribution in [0.15, 0.2) is 64.8 Å². The highest BCUT2D eigenvalue weighted by atomic mass is 32.1. The van der Waals surface area contributed by atoms with Gasteiger partial charge in [0, 0.05) is 27.9 Å². The first-order chi connectivity index (χ1) is 14.0. The molecule has 0 unspecified atom stereocenters. The number of hydrogen-bond acceptors (Lipinski definition) is 4. The maximum atomic E-state index is 12.9. The second kappa shape index (κ2) is 7.89. The number of carbonyl (C=O) groups excluding carboxylic acids is 1. The van der Waals surface area contributed by atoms with Gasteiger partial charge < -0.3 is 5.32 Å². The molecule has 0 bridgehead atoms. The number of nitrogens with one attached hydrogen (secondary N) is 2. The highest BCUT2D eigenvalue weighted by molar-refractivity contribution is 7.12. The average Bonchev–Trinajstić information content (AvgIpc) is 3.31. The van der Waals surface area contributed by atoms with Crippen molar-refractivity contribution in [1.29, 1.82) is 0 Å². The molecule has 0 spiro atoms. The van der Waals surface area contributed by atoms with Crippen LogP contribution in [-0.4, -0.2) is 20.7 Å². The van der Waals surface area contributed by atoms with Gasteiger partial charge in [-0.25, -0.2) is 4.98 Å². The summed E-state index contributed by atoms with van der Waals surface area (Å²) in [5, 5.41) is 8.38. The van der Waals surface area contributed by atoms with Crippen LogP contribution in [0.4, 0.5) is 5.69 Å². The van der Waals surface area contributed by atoms with Crippen LogP contribution in [0.3, 0.4) is 0 Å². The van der Waals surface area contributed by atoms with Gasteiger partial charge in [-0.1, -0.05) is 48.5 Å². The lowest BCUT2D eigenvalue weighted by molar-refractivity contribution is -0.115. The van der Waals surface area contributed by atoms with Gasteiger partial charge in [0.2, 0.25) is 11.0 Å². The van der Waals surface area contributed by atoms with Crippen molar-refractivity contribution in [2.75, 3.05) is 5.32 Å². The molecule has 0 atom stereocenters. The van der Waals surface area contributed by atoms with Gasteiger partial charge in [0.15, 0.2) is 0 Å². The van der Waals surface area contributed by atoms with Crippen LogP contribution in [0, 0.1) is 13.8 Å². The fourth-order valence-corrected chi connectivity index (χ4v) is 3.89. The summed E-state index contributed by atoms with van der Waals surface area (Å²) in [6.07, 6.45) is -0.000577. The fourth-order valence-electron chi connectivity index (χ4n) is 3.10. The van der Waals surface area contributed by atoms with E-state index >= 15 is 0 Å². The zero-order chi connectivity index (χ0) is 20.4. The van der Waals surface area contributed by atoms with Gasteiger partial charge in [0.25, 0.3) is 5.56 Å². The van der Waals surface area contributed by atoms with Crippen molar-refractivity contribution in [3.05, 3.63) is 87.2 Å². The van der Waals surface area contributed by atoms with Crippen molar-refractivity contribution < 1.29 is 4.79 Å². The van der Waals surface area contributed by atoms with Crippen LogP contribution in [0.25, 0.3) is 16.4 Å². The number of para-hydroxylation sites is 1. The largest absolute Gasteiger partial charge is 0.326 e. The minimum atomic E-state index is -0.253. The summed E-state index contributed by atoms with van der Waals surface area (Å²) in [6.45, 7) is 3.72. The molecule has 2 heterocycles. The van der Waals surface area contributed by atoms with E-state index in [-0.39, 0.29) is 17.9 Å². The second-order valence-corrected chi connectivity index (χ2v) is 7.61. The Balaban J connectivity index is 1.57. The molecule has 4 aromatic rings. The van der Waals surface area contributed by atoms with Crippen LogP contribution in [0.1, 0.15) is 16.8 Å². The van der Waals surface area contributed by atoms with E-state index in [4.69, 9.17) is 0 Å². The predicted molar refractivity (Wildman–Crippen MR) is 116 cm³/mol. The Hall–Kier alpha value is -3.45. The molecule has 0 fully saturated rings. The summed E-state index contributed by atoms with van der Waals surface area (Å²) < 4.78 is 1.41. The van der Waals surface area contributed by atoms with Crippen LogP contribution in [0.5, 0.6) is 0 Å². The Morgan fingerprint density at radius 3 is 2.59 bits per heavy atom. The van der Waals surface area contributed by atoms with Gasteiger partial charge in [0.05, 0.1) is 12.1 Å². The van der Waals surface area contributed by atoms with E-state index in [1.807, 2.05) is 66.9 Å². The smallest absolute Gasteiger partial charge is 0.277 e. The monoisotopic (exact) mass is 404 g/mol. The quantitative estimate of drug-likeness (QED) is 0.526. The first-order valence-electron chi connectivity index (χ1n) is 9.20. The van der Waals surface area contributed by atoms with Gasteiger partial charge >= 0.3 is 0 Å². The van der Waals surface area contributed by atoms with Gasteiger partial charge in [-0.2, -0.15) is 4.68 Å². The third kappa shape index (κ3) is 3.90. The summed E-state index contributed by atoms with van der Waals surface area (Å²) in [4.78, 5) is 30.0. The number of aromatic nitrogens is 3. The minimum absolute atomic E-state index is 0.000577. The van der Waals surface area contributed by atoms with Crippen molar-refractivity contribution >= 4 is 22.9 Å². The number of carbonyl (C=O) groups is 1. The highest BCUT2D eigenvalue weighted by Gasteiger charge is 2.18. The maximum absolute atomic E-state index is 12.9. The van der Waals surface area contributed by atoms with E-state index in [0.717, 1.165) is 22.5 Å². The van der Waals surface area contributed by atoms with Crippen LogP contribution < -0.4 is 10.9 Å². The molecule has 0 aliphatic heterocycles. The summed E-state index contributed by atoms with van der Waals surface area (Å²) in [6, 6.07) is 17.3. The summed E-state index contributed by atoms with van der Waals surface area (Å²) in [7, 11) is 0. The number of anilines is 1. The Morgan fingerprint density at radius 1 is 1.10 bits per heavy atom. The number of aromatic amines is 1. The first kappa shape index (κ1) is 18.9. The fraction of sp³-hybridized carbons (Fsp3) is 0.136. The lowest BCUT2D eigenvalue weighted by Crippen LogP contribution is -2.22. The van der Waals surface area contributed by atoms with Crippen molar-refractivity contribution in [1.82, 2.24) is 14.8 Å². The molecule has 1 amide bonds. The standard InChI is InChI=1S/C22H20N4O2S/c1-14-8-6-7-11-18(14)23-20(27)12-17-15(2)25-26(21(17)28)22-24-19(13-29-22)16-9-4-3-5-10-16/h3-11,13,25H,12H2,1-2H3,(H,23,27). The summed E-state index contributed by atoms with van der Waals surface area (Å²) >= 11 is 1.38. The molecule has 0 saturated carbocycles. The number of thiazole rings is 1. The number of nitrogens with zero attached hydrogens (tertiary/aromatic N) is 2. The molecule has 146 valence electrons. The minimum Gasteiger partial charge on any atom is -0.326 e. The Kier molecular flexibility index (Phi) is 5.14. The highest BCUT2D eigenvalue weighted by Crippen LogP contribution is 2.23. The van der Waals surface area contributed by atoms with Crippen LogP contribution in [0.2, 0.25) is 0 Å². The second-order valence-electron chi connectivity index (χ2n) is 6.78. The molecule has 0 radical (unpaired) electrons. The number of amides is 1. The van der Waals surface area contributed by atoms with Crippen LogP contribution >= 0.6 is 11.3 Å². The van der Waals surface area contributed by atoms with Crippen molar-refractivity contribution in [3.63, 3.8) is 0 Å². The number of benzene rings is 2. The zero-order valence-electron chi connectivity index (χ0n) is 16.1. The van der Waals surface area contributed by atoms with Gasteiger partial charge in [0.1, 0.15) is 0 Å². The van der Waals surface area contributed by atoms with Crippen molar-refractivity contribution in [2.45, 2.75) is 20.3 Å². The number of aryl methyl sites for hydroxylation is 2. The molecule has 2 aromatic heterocycles. The first-order valence-corrected chi connectivity index (χ1v) is 10.1. The Labute approximate surface area is 171 Å². The molecule has 0 aliphatic carbocycles. The molecule has 6 nitrogen and oxygen atoms in total. The predicted octanol–water partition coefficient (Wildman–Crippen LogP) is 4.09. The number of rotatable bonds is 5. The molecule has 0 aliphatic rings. The average molecular weight is 404 g/mol.